The van der Waals surface area contributed by atoms with Gasteiger partial charge in [0.05, 0.1) is 5.56 Å². The molecule has 0 aromatic heterocycles. The van der Waals surface area contributed by atoms with Crippen molar-refractivity contribution < 1.29 is 9.53 Å². The van der Waals surface area contributed by atoms with Gasteiger partial charge in [-0.2, -0.15) is 0 Å². The highest BCUT2D eigenvalue weighted by molar-refractivity contribution is 5.89. The van der Waals surface area contributed by atoms with Crippen molar-refractivity contribution in [3.8, 4) is 0 Å². The summed E-state index contributed by atoms with van der Waals surface area (Å²) in [4.78, 5) is 11.1. The molecule has 75 valence electrons. The first kappa shape index (κ1) is 10.8. The molecule has 2 nitrogen and oxygen atoms in total. The minimum atomic E-state index is -0.398. The SMILES string of the molecule is [CH2]OC(=O)c1ccc(C(C)(C)C)cc1. The Hall–Kier alpha value is -1.31. The van der Waals surface area contributed by atoms with Gasteiger partial charge in [-0.3, -0.25) is 0 Å². The first-order valence-corrected chi connectivity index (χ1v) is 4.52. The van der Waals surface area contributed by atoms with Crippen molar-refractivity contribution in [3.63, 3.8) is 0 Å². The number of carbonyl (C=O) groups is 1. The molecule has 2 heteroatoms. The number of ether oxygens (including phenoxy) is 1. The fraction of sp³-hybridized carbons (Fsp3) is 0.333. The Bertz CT molecular complexity index is 317. The Morgan fingerprint density at radius 2 is 1.71 bits per heavy atom. The lowest BCUT2D eigenvalue weighted by Gasteiger charge is -2.18. The molecular weight excluding hydrogens is 176 g/mol. The maximum absolute atomic E-state index is 11.1. The Balaban J connectivity index is 2.95. The number of rotatable bonds is 1. The van der Waals surface area contributed by atoms with E-state index in [-0.39, 0.29) is 5.41 Å². The number of hydrogen-bond acceptors (Lipinski definition) is 2. The van der Waals surface area contributed by atoms with Crippen LogP contribution in [0.4, 0.5) is 0 Å². The Morgan fingerprint density at radius 1 is 1.21 bits per heavy atom. The van der Waals surface area contributed by atoms with E-state index < -0.39 is 5.97 Å². The predicted octanol–water partition coefficient (Wildman–Crippen LogP) is 2.93. The van der Waals surface area contributed by atoms with Gasteiger partial charge in [-0.1, -0.05) is 32.9 Å². The maximum Gasteiger partial charge on any atom is 0.338 e. The third-order valence-corrected chi connectivity index (χ3v) is 2.12. The summed E-state index contributed by atoms with van der Waals surface area (Å²) in [6, 6.07) is 7.39. The van der Waals surface area contributed by atoms with E-state index in [1.807, 2.05) is 12.1 Å². The lowest BCUT2D eigenvalue weighted by atomic mass is 9.87. The summed E-state index contributed by atoms with van der Waals surface area (Å²) in [5.41, 5.74) is 1.83. The van der Waals surface area contributed by atoms with Crippen LogP contribution >= 0.6 is 0 Å². The van der Waals surface area contributed by atoms with Gasteiger partial charge in [0, 0.05) is 0 Å². The highest BCUT2D eigenvalue weighted by Gasteiger charge is 2.14. The molecule has 1 rings (SSSR count). The lowest BCUT2D eigenvalue weighted by molar-refractivity contribution is 0.0654. The van der Waals surface area contributed by atoms with E-state index in [9.17, 15) is 4.79 Å². The molecule has 0 aliphatic heterocycles. The van der Waals surface area contributed by atoms with Crippen molar-refractivity contribution in [2.45, 2.75) is 26.2 Å². The molecule has 0 fully saturated rings. The van der Waals surface area contributed by atoms with E-state index in [0.717, 1.165) is 0 Å². The standard InChI is InChI=1S/C12H15O2/c1-12(2,3)10-7-5-9(6-8-10)11(13)14-4/h5-8H,4H2,1-3H3. The van der Waals surface area contributed by atoms with Crippen LogP contribution < -0.4 is 0 Å². The van der Waals surface area contributed by atoms with Crippen LogP contribution in [0.15, 0.2) is 24.3 Å². The molecule has 1 radical (unpaired) electrons. The van der Waals surface area contributed by atoms with E-state index in [2.05, 4.69) is 32.6 Å². The van der Waals surface area contributed by atoms with Crippen LogP contribution in [0.2, 0.25) is 0 Å². The minimum absolute atomic E-state index is 0.104. The lowest BCUT2D eigenvalue weighted by Crippen LogP contribution is -2.11. The second-order valence-electron chi connectivity index (χ2n) is 4.26. The summed E-state index contributed by atoms with van der Waals surface area (Å²) in [6.45, 7) is 6.38. The number of carbonyl (C=O) groups excluding carboxylic acids is 1. The third-order valence-electron chi connectivity index (χ3n) is 2.12. The fourth-order valence-corrected chi connectivity index (χ4v) is 1.19. The molecule has 0 N–H and O–H groups in total. The molecule has 0 aliphatic carbocycles. The van der Waals surface area contributed by atoms with Gasteiger partial charge in [0.2, 0.25) is 0 Å². The second kappa shape index (κ2) is 3.82. The molecule has 1 aromatic carbocycles. The van der Waals surface area contributed by atoms with Crippen molar-refractivity contribution in [2.75, 3.05) is 0 Å². The van der Waals surface area contributed by atoms with E-state index in [1.165, 1.54) is 5.56 Å². The molecule has 0 spiro atoms. The van der Waals surface area contributed by atoms with Crippen molar-refractivity contribution in [3.05, 3.63) is 42.5 Å². The van der Waals surface area contributed by atoms with Crippen LogP contribution in [0, 0.1) is 7.11 Å². The largest absolute Gasteiger partial charge is 0.458 e. The van der Waals surface area contributed by atoms with Crippen molar-refractivity contribution in [1.29, 1.82) is 0 Å². The summed E-state index contributed by atoms with van der Waals surface area (Å²) in [7, 11) is 3.08. The highest BCUT2D eigenvalue weighted by atomic mass is 16.5. The van der Waals surface area contributed by atoms with Gasteiger partial charge < -0.3 is 4.74 Å². The predicted molar refractivity (Wildman–Crippen MR) is 55.9 cm³/mol. The van der Waals surface area contributed by atoms with Crippen LogP contribution in [0.1, 0.15) is 36.7 Å². The molecule has 0 bridgehead atoms. The molecule has 0 unspecified atom stereocenters. The smallest absolute Gasteiger partial charge is 0.338 e. The van der Waals surface area contributed by atoms with Crippen LogP contribution in [-0.2, 0) is 10.2 Å². The van der Waals surface area contributed by atoms with Crippen molar-refractivity contribution in [1.82, 2.24) is 0 Å². The first-order chi connectivity index (χ1) is 6.45. The Morgan fingerprint density at radius 3 is 2.07 bits per heavy atom. The van der Waals surface area contributed by atoms with E-state index >= 15 is 0 Å². The Kier molecular flexibility index (Phi) is 2.94. The van der Waals surface area contributed by atoms with Gasteiger partial charge in [-0.15, -0.1) is 0 Å². The zero-order valence-corrected chi connectivity index (χ0v) is 8.83. The summed E-state index contributed by atoms with van der Waals surface area (Å²) in [6.07, 6.45) is 0. The Labute approximate surface area is 84.9 Å². The molecule has 0 amide bonds. The van der Waals surface area contributed by atoms with Crippen molar-refractivity contribution >= 4 is 5.97 Å². The monoisotopic (exact) mass is 191 g/mol. The molecule has 0 aliphatic rings. The quantitative estimate of drug-likeness (QED) is 0.638. The molecule has 1 aromatic rings. The van der Waals surface area contributed by atoms with E-state index in [1.54, 1.807) is 12.1 Å². The molecule has 0 saturated carbocycles. The van der Waals surface area contributed by atoms with Gasteiger partial charge >= 0.3 is 5.97 Å². The number of hydrogen-bond donors (Lipinski definition) is 0. The van der Waals surface area contributed by atoms with E-state index in [4.69, 9.17) is 0 Å². The normalized spacial score (nSPS) is 11.1. The first-order valence-electron chi connectivity index (χ1n) is 4.52. The van der Waals surface area contributed by atoms with Crippen LogP contribution in [0.25, 0.3) is 0 Å². The van der Waals surface area contributed by atoms with Crippen LogP contribution in [0.3, 0.4) is 0 Å². The van der Waals surface area contributed by atoms with Crippen molar-refractivity contribution in [2.24, 2.45) is 0 Å². The molecule has 0 atom stereocenters. The second-order valence-corrected chi connectivity index (χ2v) is 4.26. The number of esters is 1. The summed E-state index contributed by atoms with van der Waals surface area (Å²) >= 11 is 0. The average molecular weight is 191 g/mol. The molecular formula is C12H15O2. The van der Waals surface area contributed by atoms with Crippen LogP contribution in [0.5, 0.6) is 0 Å². The van der Waals surface area contributed by atoms with Gasteiger partial charge in [0.25, 0.3) is 0 Å². The van der Waals surface area contributed by atoms with Gasteiger partial charge in [0.1, 0.15) is 7.11 Å². The average Bonchev–Trinajstić information content (AvgIpc) is 2.15. The van der Waals surface area contributed by atoms with Gasteiger partial charge in [-0.05, 0) is 23.1 Å². The van der Waals surface area contributed by atoms with E-state index in [0.29, 0.717) is 5.56 Å². The zero-order valence-electron chi connectivity index (χ0n) is 8.83. The summed E-state index contributed by atoms with van der Waals surface area (Å²) < 4.78 is 4.37. The van der Waals surface area contributed by atoms with Gasteiger partial charge in [0.15, 0.2) is 0 Å². The third kappa shape index (κ3) is 2.34. The zero-order chi connectivity index (χ0) is 10.8. The fourth-order valence-electron chi connectivity index (χ4n) is 1.19. The molecule has 14 heavy (non-hydrogen) atoms. The number of benzene rings is 1. The molecule has 0 heterocycles. The van der Waals surface area contributed by atoms with Crippen LogP contribution in [-0.4, -0.2) is 5.97 Å². The maximum atomic E-state index is 11.1. The summed E-state index contributed by atoms with van der Waals surface area (Å²) in [5.74, 6) is -0.398. The highest BCUT2D eigenvalue weighted by Crippen LogP contribution is 2.22. The topological polar surface area (TPSA) is 26.3 Å². The molecule has 0 saturated heterocycles. The van der Waals surface area contributed by atoms with Gasteiger partial charge in [-0.25, -0.2) is 4.79 Å². The summed E-state index contributed by atoms with van der Waals surface area (Å²) in [5, 5.41) is 0. The minimum Gasteiger partial charge on any atom is -0.458 e.